The van der Waals surface area contributed by atoms with E-state index < -0.39 is 42.0 Å². The second-order valence-electron chi connectivity index (χ2n) is 5.80. The molecule has 0 aliphatic carbocycles. The number of carbonyl (C=O) groups is 2. The Morgan fingerprint density at radius 1 is 1.14 bits per heavy atom. The molecule has 28 heavy (non-hydrogen) atoms. The van der Waals surface area contributed by atoms with Crippen molar-refractivity contribution in [1.82, 2.24) is 9.55 Å². The Balaban J connectivity index is 1.72. The third-order valence-electron chi connectivity index (χ3n) is 4.03. The predicted octanol–water partition coefficient (Wildman–Crippen LogP) is 1.26. The number of halogens is 1. The molecule has 1 heterocycles. The quantitative estimate of drug-likeness (QED) is 0.505. The van der Waals surface area contributed by atoms with Crippen LogP contribution in [-0.4, -0.2) is 35.0 Å². The van der Waals surface area contributed by atoms with Gasteiger partial charge >= 0.3 is 11.7 Å². The summed E-state index contributed by atoms with van der Waals surface area (Å²) < 4.78 is 24.4. The molecule has 0 amide bonds. The summed E-state index contributed by atoms with van der Waals surface area (Å²) in [6, 6.07) is 9.88. The fourth-order valence-corrected chi connectivity index (χ4v) is 2.64. The zero-order valence-corrected chi connectivity index (χ0v) is 14.7. The summed E-state index contributed by atoms with van der Waals surface area (Å²) in [5, 5.41) is 0.236. The first-order valence-electron chi connectivity index (χ1n) is 8.15. The summed E-state index contributed by atoms with van der Waals surface area (Å²) in [6.45, 7) is -1.12. The van der Waals surface area contributed by atoms with Gasteiger partial charge < -0.3 is 9.47 Å². The molecule has 0 aliphatic heterocycles. The minimum absolute atomic E-state index is 0.0118. The topological polar surface area (TPSA) is 107 Å². The van der Waals surface area contributed by atoms with E-state index in [0.29, 0.717) is 0 Å². The molecule has 144 valence electrons. The Hall–Kier alpha value is -3.75. The van der Waals surface area contributed by atoms with Gasteiger partial charge in [-0.05, 0) is 30.3 Å². The lowest BCUT2D eigenvalue weighted by atomic mass is 10.1. The van der Waals surface area contributed by atoms with Crippen molar-refractivity contribution in [1.29, 1.82) is 0 Å². The molecule has 2 aromatic carbocycles. The molecule has 0 fully saturated rings. The van der Waals surface area contributed by atoms with E-state index in [1.807, 2.05) is 0 Å². The average Bonchev–Trinajstić information content (AvgIpc) is 2.69. The summed E-state index contributed by atoms with van der Waals surface area (Å²) in [4.78, 5) is 50.1. The molecule has 0 radical (unpaired) electrons. The van der Waals surface area contributed by atoms with Gasteiger partial charge in [-0.15, -0.1) is 0 Å². The van der Waals surface area contributed by atoms with Gasteiger partial charge in [-0.1, -0.05) is 12.1 Å². The standard InChI is InChI=1S/C19H15FN2O6/c1-27-16-7-6-11(8-13(16)20)15(23)10-28-17(24)9-22-14-5-3-2-4-12(14)18(25)21-19(22)26/h2-8H,9-10H2,1H3,(H,21,25,26). The maximum absolute atomic E-state index is 13.7. The van der Waals surface area contributed by atoms with E-state index >= 15 is 0 Å². The molecule has 0 saturated carbocycles. The Bertz CT molecular complexity index is 1180. The van der Waals surface area contributed by atoms with Crippen LogP contribution in [0.15, 0.2) is 52.1 Å². The van der Waals surface area contributed by atoms with Crippen molar-refractivity contribution in [2.45, 2.75) is 6.54 Å². The third-order valence-corrected chi connectivity index (χ3v) is 4.03. The second kappa shape index (κ2) is 7.87. The van der Waals surface area contributed by atoms with Crippen LogP contribution in [0.3, 0.4) is 0 Å². The molecule has 0 aliphatic rings. The van der Waals surface area contributed by atoms with Crippen LogP contribution in [0.4, 0.5) is 4.39 Å². The van der Waals surface area contributed by atoms with Gasteiger partial charge in [0, 0.05) is 5.56 Å². The summed E-state index contributed by atoms with van der Waals surface area (Å²) in [5.74, 6) is -2.21. The molecule has 0 bridgehead atoms. The van der Waals surface area contributed by atoms with Gasteiger partial charge in [0.2, 0.25) is 0 Å². The number of ketones is 1. The number of nitrogens with zero attached hydrogens (tertiary/aromatic N) is 1. The number of fused-ring (bicyclic) bond motifs is 1. The van der Waals surface area contributed by atoms with Crippen molar-refractivity contribution < 1.29 is 23.5 Å². The third kappa shape index (κ3) is 3.83. The van der Waals surface area contributed by atoms with Crippen LogP contribution in [0, 0.1) is 5.82 Å². The van der Waals surface area contributed by atoms with Crippen LogP contribution in [0.25, 0.3) is 10.9 Å². The number of benzene rings is 2. The lowest BCUT2D eigenvalue weighted by molar-refractivity contribution is -0.143. The van der Waals surface area contributed by atoms with Crippen molar-refractivity contribution in [3.05, 3.63) is 74.7 Å². The Kier molecular flexibility index (Phi) is 5.35. The van der Waals surface area contributed by atoms with E-state index in [1.165, 1.54) is 31.4 Å². The van der Waals surface area contributed by atoms with E-state index in [4.69, 9.17) is 9.47 Å². The number of H-pyrrole nitrogens is 1. The van der Waals surface area contributed by atoms with Crippen molar-refractivity contribution >= 4 is 22.7 Å². The smallest absolute Gasteiger partial charge is 0.329 e. The normalized spacial score (nSPS) is 10.6. The molecular formula is C19H15FN2O6. The molecule has 1 aromatic heterocycles. The Labute approximate surface area is 157 Å². The summed E-state index contributed by atoms with van der Waals surface area (Å²) in [6.07, 6.45) is 0. The van der Waals surface area contributed by atoms with Gasteiger partial charge in [-0.2, -0.15) is 0 Å². The molecule has 3 rings (SSSR count). The van der Waals surface area contributed by atoms with Crippen LogP contribution >= 0.6 is 0 Å². The number of rotatable bonds is 6. The number of esters is 1. The fourth-order valence-electron chi connectivity index (χ4n) is 2.64. The van der Waals surface area contributed by atoms with Crippen molar-refractivity contribution in [2.24, 2.45) is 0 Å². The molecule has 8 nitrogen and oxygen atoms in total. The van der Waals surface area contributed by atoms with E-state index in [9.17, 15) is 23.6 Å². The molecule has 0 atom stereocenters. The lowest BCUT2D eigenvalue weighted by Gasteiger charge is -2.09. The zero-order valence-electron chi connectivity index (χ0n) is 14.7. The number of aromatic nitrogens is 2. The van der Waals surface area contributed by atoms with Gasteiger partial charge in [0.05, 0.1) is 18.0 Å². The molecule has 1 N–H and O–H groups in total. The van der Waals surface area contributed by atoms with E-state index in [0.717, 1.165) is 10.6 Å². The number of hydrogen-bond acceptors (Lipinski definition) is 6. The minimum Gasteiger partial charge on any atom is -0.494 e. The SMILES string of the molecule is COc1ccc(C(=O)COC(=O)Cn2c(=O)[nH]c(=O)c3ccccc32)cc1F. The molecular weight excluding hydrogens is 371 g/mol. The van der Waals surface area contributed by atoms with Crippen LogP contribution < -0.4 is 16.0 Å². The van der Waals surface area contributed by atoms with E-state index in [-0.39, 0.29) is 22.2 Å². The zero-order chi connectivity index (χ0) is 20.3. The predicted molar refractivity (Wildman–Crippen MR) is 97.1 cm³/mol. The molecule has 3 aromatic rings. The number of carbonyl (C=O) groups excluding carboxylic acids is 2. The first kappa shape index (κ1) is 19.0. The number of aromatic amines is 1. The molecule has 9 heteroatoms. The van der Waals surface area contributed by atoms with Gasteiger partial charge in [0.1, 0.15) is 6.54 Å². The minimum atomic E-state index is -0.860. The van der Waals surface area contributed by atoms with Crippen molar-refractivity contribution in [2.75, 3.05) is 13.7 Å². The van der Waals surface area contributed by atoms with Gasteiger partial charge in [-0.3, -0.25) is 23.9 Å². The van der Waals surface area contributed by atoms with Gasteiger partial charge in [0.15, 0.2) is 24.0 Å². The van der Waals surface area contributed by atoms with Crippen LogP contribution in [0.1, 0.15) is 10.4 Å². The van der Waals surface area contributed by atoms with Crippen molar-refractivity contribution in [3.8, 4) is 5.75 Å². The number of Topliss-reactive ketones (excluding diaryl/α,β-unsaturated/α-hetero) is 1. The molecule has 0 spiro atoms. The highest BCUT2D eigenvalue weighted by Gasteiger charge is 2.15. The number of ether oxygens (including phenoxy) is 2. The van der Waals surface area contributed by atoms with Crippen molar-refractivity contribution in [3.63, 3.8) is 0 Å². The first-order valence-corrected chi connectivity index (χ1v) is 8.15. The monoisotopic (exact) mass is 386 g/mol. The number of para-hydroxylation sites is 1. The number of methoxy groups -OCH3 is 1. The largest absolute Gasteiger partial charge is 0.494 e. The fraction of sp³-hybridized carbons (Fsp3) is 0.158. The highest BCUT2D eigenvalue weighted by molar-refractivity contribution is 5.98. The van der Waals surface area contributed by atoms with Gasteiger partial charge in [-0.25, -0.2) is 9.18 Å². The Morgan fingerprint density at radius 3 is 2.61 bits per heavy atom. The summed E-state index contributed by atoms with van der Waals surface area (Å²) >= 11 is 0. The Morgan fingerprint density at radius 2 is 1.89 bits per heavy atom. The van der Waals surface area contributed by atoms with Crippen LogP contribution in [0.5, 0.6) is 5.75 Å². The van der Waals surface area contributed by atoms with E-state index in [1.54, 1.807) is 12.1 Å². The van der Waals surface area contributed by atoms with E-state index in [2.05, 4.69) is 4.98 Å². The maximum Gasteiger partial charge on any atom is 0.329 e. The molecule has 0 saturated heterocycles. The van der Waals surface area contributed by atoms with Crippen LogP contribution in [-0.2, 0) is 16.1 Å². The second-order valence-corrected chi connectivity index (χ2v) is 5.80. The van der Waals surface area contributed by atoms with Gasteiger partial charge in [0.25, 0.3) is 5.56 Å². The first-order chi connectivity index (χ1) is 13.4. The maximum atomic E-state index is 13.7. The lowest BCUT2D eigenvalue weighted by Crippen LogP contribution is -2.33. The summed E-state index contributed by atoms with van der Waals surface area (Å²) in [7, 11) is 1.30. The summed E-state index contributed by atoms with van der Waals surface area (Å²) in [5.41, 5.74) is -1.07. The molecule has 0 unspecified atom stereocenters. The average molecular weight is 386 g/mol. The highest BCUT2D eigenvalue weighted by Crippen LogP contribution is 2.18. The number of hydrogen-bond donors (Lipinski definition) is 1. The highest BCUT2D eigenvalue weighted by atomic mass is 19.1. The number of nitrogens with one attached hydrogen (secondary N) is 1. The van der Waals surface area contributed by atoms with Crippen LogP contribution in [0.2, 0.25) is 0 Å².